The first kappa shape index (κ1) is 28.7. The van der Waals surface area contributed by atoms with Crippen molar-refractivity contribution in [2.45, 2.75) is 71.4 Å². The summed E-state index contributed by atoms with van der Waals surface area (Å²) in [6.45, 7) is 11.4. The molecule has 0 radical (unpaired) electrons. The summed E-state index contributed by atoms with van der Waals surface area (Å²) in [5.74, 6) is 0.767. The molecule has 4 aromatic carbocycles. The molecule has 0 saturated carbocycles. The van der Waals surface area contributed by atoms with Crippen LogP contribution in [0.1, 0.15) is 86.9 Å². The molecule has 3 nitrogen and oxygen atoms in total. The molecule has 0 bridgehead atoms. The Morgan fingerprint density at radius 2 is 1.30 bits per heavy atom. The average Bonchev–Trinajstić information content (AvgIpc) is 3.03. The third kappa shape index (κ3) is 5.95. The van der Waals surface area contributed by atoms with Gasteiger partial charge in [0.1, 0.15) is 0 Å². The van der Waals surface area contributed by atoms with E-state index in [0.717, 1.165) is 24.2 Å². The lowest BCUT2D eigenvalue weighted by molar-refractivity contribution is 0.681. The molecule has 43 heavy (non-hydrogen) atoms. The molecule has 2 N–H and O–H groups in total. The van der Waals surface area contributed by atoms with Crippen LogP contribution in [-0.4, -0.2) is 11.0 Å². The van der Waals surface area contributed by atoms with Crippen LogP contribution in [0.25, 0.3) is 22.4 Å². The van der Waals surface area contributed by atoms with Crippen LogP contribution in [-0.2, 0) is 6.42 Å². The Labute approximate surface area is 257 Å². The van der Waals surface area contributed by atoms with Crippen molar-refractivity contribution < 1.29 is 0 Å². The number of benzene rings is 4. The second kappa shape index (κ2) is 12.5. The predicted molar refractivity (Wildman–Crippen MR) is 183 cm³/mol. The lowest BCUT2D eigenvalue weighted by Crippen LogP contribution is -2.22. The van der Waals surface area contributed by atoms with Gasteiger partial charge in [0.25, 0.3) is 0 Å². The second-order valence-corrected chi connectivity index (χ2v) is 12.5. The molecule has 0 spiro atoms. The van der Waals surface area contributed by atoms with Crippen molar-refractivity contribution in [2.24, 2.45) is 0 Å². The van der Waals surface area contributed by atoms with Crippen LogP contribution < -0.4 is 10.6 Å². The minimum atomic E-state index is -0.153. The normalized spacial score (nSPS) is 15.2. The topological polar surface area (TPSA) is 37.0 Å². The van der Waals surface area contributed by atoms with Gasteiger partial charge in [-0.1, -0.05) is 125 Å². The highest BCUT2D eigenvalue weighted by atomic mass is 15.0. The number of hydrogen-bond acceptors (Lipinski definition) is 3. The maximum atomic E-state index is 5.43. The van der Waals surface area contributed by atoms with E-state index in [1.54, 1.807) is 0 Å². The van der Waals surface area contributed by atoms with E-state index in [4.69, 9.17) is 4.98 Å². The Balaban J connectivity index is 1.54. The monoisotopic (exact) mass is 565 g/mol. The van der Waals surface area contributed by atoms with Gasteiger partial charge >= 0.3 is 0 Å². The summed E-state index contributed by atoms with van der Waals surface area (Å²) in [7, 11) is 0. The fourth-order valence-corrected chi connectivity index (χ4v) is 6.45. The first-order valence-electron chi connectivity index (χ1n) is 15.8. The maximum absolute atomic E-state index is 5.43. The molecule has 6 rings (SSSR count). The van der Waals surface area contributed by atoms with E-state index in [2.05, 4.69) is 154 Å². The Morgan fingerprint density at radius 3 is 2.05 bits per heavy atom. The number of nitrogens with zero attached hydrogens (tertiary/aromatic N) is 1. The lowest BCUT2D eigenvalue weighted by atomic mass is 9.89. The number of aryl methyl sites for hydroxylation is 1. The Morgan fingerprint density at radius 1 is 0.674 bits per heavy atom. The Bertz CT molecular complexity index is 1680. The van der Waals surface area contributed by atoms with Crippen molar-refractivity contribution in [1.82, 2.24) is 4.98 Å². The molecular formula is C40H43N3. The number of rotatable bonds is 8. The van der Waals surface area contributed by atoms with Crippen molar-refractivity contribution >= 4 is 11.4 Å². The smallest absolute Gasteiger partial charge is 0.0946 e. The van der Waals surface area contributed by atoms with Crippen molar-refractivity contribution in [3.63, 3.8) is 0 Å². The molecule has 1 unspecified atom stereocenters. The van der Waals surface area contributed by atoms with Crippen LogP contribution in [0, 0.1) is 0 Å². The summed E-state index contributed by atoms with van der Waals surface area (Å²) < 4.78 is 0. The average molecular weight is 566 g/mol. The molecule has 0 amide bonds. The third-order valence-electron chi connectivity index (χ3n) is 8.75. The molecule has 0 saturated heterocycles. The van der Waals surface area contributed by atoms with Crippen molar-refractivity contribution in [3.8, 4) is 22.4 Å². The van der Waals surface area contributed by atoms with E-state index in [0.29, 0.717) is 17.9 Å². The van der Waals surface area contributed by atoms with Crippen molar-refractivity contribution in [3.05, 3.63) is 137 Å². The molecule has 2 heterocycles. The van der Waals surface area contributed by atoms with E-state index in [-0.39, 0.29) is 6.04 Å². The summed E-state index contributed by atoms with van der Waals surface area (Å²) in [6, 6.07) is 39.7. The standard InChI is InChI=1S/C40H43N3/c1-26(2)31-19-12-20-32(27(3)4)39(31)43-40(34-18-10-9-17-33(34)29-14-7-6-8-15-29)37-23-13-22-36(42-37)35-21-11-16-30-25-24-28(5)41-38(30)35/h6-23,26-28,40-41,43H,24-25H2,1-5H3/t28?,40-/m0/s1. The van der Waals surface area contributed by atoms with Gasteiger partial charge in [-0.25, -0.2) is 0 Å². The van der Waals surface area contributed by atoms with Crippen molar-refractivity contribution in [1.29, 1.82) is 0 Å². The van der Waals surface area contributed by atoms with Gasteiger partial charge in [-0.3, -0.25) is 4.98 Å². The van der Waals surface area contributed by atoms with Gasteiger partial charge in [0.05, 0.1) is 17.4 Å². The minimum absolute atomic E-state index is 0.153. The second-order valence-electron chi connectivity index (χ2n) is 12.5. The lowest BCUT2D eigenvalue weighted by Gasteiger charge is -2.29. The van der Waals surface area contributed by atoms with Gasteiger partial charge in [-0.2, -0.15) is 0 Å². The third-order valence-corrected chi connectivity index (χ3v) is 8.75. The molecular weight excluding hydrogens is 522 g/mol. The molecule has 3 heteroatoms. The zero-order valence-corrected chi connectivity index (χ0v) is 26.1. The number of pyridine rings is 1. The number of para-hydroxylation sites is 2. The molecule has 1 aliphatic heterocycles. The highest BCUT2D eigenvalue weighted by molar-refractivity contribution is 5.79. The largest absolute Gasteiger partial charge is 0.382 e. The van der Waals surface area contributed by atoms with Crippen LogP contribution in [0.3, 0.4) is 0 Å². The van der Waals surface area contributed by atoms with Gasteiger partial charge in [0.2, 0.25) is 0 Å². The van der Waals surface area contributed by atoms with Crippen LogP contribution in [0.2, 0.25) is 0 Å². The number of fused-ring (bicyclic) bond motifs is 1. The van der Waals surface area contributed by atoms with Crippen LogP contribution in [0.4, 0.5) is 11.4 Å². The van der Waals surface area contributed by atoms with E-state index < -0.39 is 0 Å². The number of nitrogens with one attached hydrogen (secondary N) is 2. The number of aromatic nitrogens is 1. The fraction of sp³-hybridized carbons (Fsp3) is 0.275. The first-order valence-corrected chi connectivity index (χ1v) is 15.8. The van der Waals surface area contributed by atoms with Crippen molar-refractivity contribution in [2.75, 3.05) is 10.6 Å². The summed E-state index contributed by atoms with van der Waals surface area (Å²) >= 11 is 0. The highest BCUT2D eigenvalue weighted by Gasteiger charge is 2.25. The Kier molecular flexibility index (Phi) is 8.33. The van der Waals surface area contributed by atoms with Crippen LogP contribution in [0.5, 0.6) is 0 Å². The predicted octanol–water partition coefficient (Wildman–Crippen LogP) is 10.6. The van der Waals surface area contributed by atoms with Gasteiger partial charge < -0.3 is 10.6 Å². The highest BCUT2D eigenvalue weighted by Crippen LogP contribution is 2.40. The molecule has 0 fully saturated rings. The fourth-order valence-electron chi connectivity index (χ4n) is 6.45. The van der Waals surface area contributed by atoms with E-state index in [1.165, 1.54) is 50.3 Å². The minimum Gasteiger partial charge on any atom is -0.382 e. The molecule has 5 aromatic rings. The number of hydrogen-bond donors (Lipinski definition) is 2. The SMILES string of the molecule is CC1CCc2cccc(-c3cccc([C@@H](Nc4c(C(C)C)cccc4C(C)C)c4ccccc4-c4ccccc4)n3)c2N1. The summed E-state index contributed by atoms with van der Waals surface area (Å²) in [5.41, 5.74) is 13.3. The van der Waals surface area contributed by atoms with E-state index in [9.17, 15) is 0 Å². The Hall–Kier alpha value is -4.37. The van der Waals surface area contributed by atoms with E-state index >= 15 is 0 Å². The van der Waals surface area contributed by atoms with Gasteiger partial charge in [0, 0.05) is 23.0 Å². The van der Waals surface area contributed by atoms with Gasteiger partial charge in [-0.15, -0.1) is 0 Å². The maximum Gasteiger partial charge on any atom is 0.0946 e. The first-order chi connectivity index (χ1) is 20.9. The summed E-state index contributed by atoms with van der Waals surface area (Å²) in [6.07, 6.45) is 2.25. The zero-order valence-electron chi connectivity index (χ0n) is 26.1. The quantitative estimate of drug-likeness (QED) is 0.196. The van der Waals surface area contributed by atoms with Crippen LogP contribution in [0.15, 0.2) is 109 Å². The van der Waals surface area contributed by atoms with Gasteiger partial charge in [-0.05, 0) is 77.1 Å². The molecule has 1 aliphatic rings. The summed E-state index contributed by atoms with van der Waals surface area (Å²) in [4.78, 5) is 5.43. The molecule has 0 aliphatic carbocycles. The molecule has 1 aromatic heterocycles. The summed E-state index contributed by atoms with van der Waals surface area (Å²) in [5, 5.41) is 7.85. The van der Waals surface area contributed by atoms with Crippen LogP contribution >= 0.6 is 0 Å². The zero-order chi connectivity index (χ0) is 29.9. The van der Waals surface area contributed by atoms with Gasteiger partial charge in [0.15, 0.2) is 0 Å². The van der Waals surface area contributed by atoms with E-state index in [1.807, 2.05) is 0 Å². The molecule has 2 atom stereocenters. The molecule has 218 valence electrons. The number of anilines is 2.